The van der Waals surface area contributed by atoms with Crippen molar-refractivity contribution >= 4 is 10.0 Å². The Morgan fingerprint density at radius 3 is 2.45 bits per heavy atom. The van der Waals surface area contributed by atoms with Gasteiger partial charge in [-0.25, -0.2) is 13.1 Å². The Bertz CT molecular complexity index is 727. The van der Waals surface area contributed by atoms with Gasteiger partial charge in [-0.05, 0) is 50.4 Å². The summed E-state index contributed by atoms with van der Waals surface area (Å²) in [5, 5.41) is 2.41. The van der Waals surface area contributed by atoms with Crippen LogP contribution in [0.5, 0.6) is 0 Å². The van der Waals surface area contributed by atoms with Crippen LogP contribution in [-0.4, -0.2) is 94.6 Å². The van der Waals surface area contributed by atoms with Crippen molar-refractivity contribution in [1.29, 1.82) is 0 Å². The third-order valence-corrected chi connectivity index (χ3v) is 11.8. The van der Waals surface area contributed by atoms with E-state index in [4.69, 9.17) is 0 Å². The maximum atomic E-state index is 12.9. The van der Waals surface area contributed by atoms with E-state index in [1.54, 1.807) is 4.90 Å². The van der Waals surface area contributed by atoms with E-state index in [0.29, 0.717) is 18.5 Å². The maximum absolute atomic E-state index is 12.9. The number of hydrogen-bond acceptors (Lipinski definition) is 4. The predicted molar refractivity (Wildman–Crippen MR) is 131 cm³/mol. The van der Waals surface area contributed by atoms with Crippen molar-refractivity contribution in [2.24, 2.45) is 17.8 Å². The summed E-state index contributed by atoms with van der Waals surface area (Å²) in [7, 11) is -3.15. The molecule has 2 unspecified atom stereocenters. The first-order valence-electron chi connectivity index (χ1n) is 14.1. The SMILES string of the molecule is CC1CCC(S(=O)(=O)NC[C@@H]2C[C@H]3CC[NH+]2C[C@@H]3CN2CCN(C3CCCC[NH2+]3)CC2)CC1. The summed E-state index contributed by atoms with van der Waals surface area (Å²) >= 11 is 0. The highest BCUT2D eigenvalue weighted by Gasteiger charge is 2.44. The lowest BCUT2D eigenvalue weighted by Gasteiger charge is -2.49. The van der Waals surface area contributed by atoms with E-state index < -0.39 is 10.0 Å². The quantitative estimate of drug-likeness (QED) is 0.455. The van der Waals surface area contributed by atoms with E-state index in [9.17, 15) is 8.42 Å². The van der Waals surface area contributed by atoms with Crippen LogP contribution in [0.2, 0.25) is 0 Å². The molecule has 8 heteroatoms. The lowest BCUT2D eigenvalue weighted by molar-refractivity contribution is -0.945. The minimum Gasteiger partial charge on any atom is -0.331 e. The van der Waals surface area contributed by atoms with E-state index in [-0.39, 0.29) is 5.25 Å². The Morgan fingerprint density at radius 1 is 1.00 bits per heavy atom. The molecule has 5 atom stereocenters. The third-order valence-electron chi connectivity index (χ3n) is 9.89. The fraction of sp³-hybridized carbons (Fsp3) is 1.00. The largest absolute Gasteiger partial charge is 0.331 e. The number of rotatable bonds is 7. The molecule has 5 heterocycles. The number of nitrogens with two attached hydrogens (primary N) is 1. The topological polar surface area (TPSA) is 73.7 Å². The molecule has 6 fully saturated rings. The second-order valence-electron chi connectivity index (χ2n) is 12.1. The molecule has 6 rings (SSSR count). The smallest absolute Gasteiger partial charge is 0.214 e. The number of nitrogens with one attached hydrogen (secondary N) is 2. The molecule has 0 radical (unpaired) electrons. The van der Waals surface area contributed by atoms with Crippen molar-refractivity contribution in [3.63, 3.8) is 0 Å². The molecule has 1 saturated carbocycles. The van der Waals surface area contributed by atoms with Crippen molar-refractivity contribution in [3.05, 3.63) is 0 Å². The Labute approximate surface area is 202 Å². The first-order valence-corrected chi connectivity index (χ1v) is 15.7. The van der Waals surface area contributed by atoms with Crippen molar-refractivity contribution < 1.29 is 18.6 Å². The van der Waals surface area contributed by atoms with Crippen LogP contribution in [0.25, 0.3) is 0 Å². The van der Waals surface area contributed by atoms with Crippen LogP contribution in [-0.2, 0) is 10.0 Å². The number of nitrogens with zero attached hydrogens (tertiary/aromatic N) is 2. The summed E-state index contributed by atoms with van der Waals surface area (Å²) in [6.07, 6.45) is 11.2. The number of quaternary nitrogens is 2. The summed E-state index contributed by atoms with van der Waals surface area (Å²) in [5.74, 6) is 2.28. The number of sulfonamides is 1. The Morgan fingerprint density at radius 2 is 1.79 bits per heavy atom. The predicted octanol–water partition coefficient (Wildman–Crippen LogP) is -0.531. The lowest BCUT2D eigenvalue weighted by Crippen LogP contribution is -3.20. The molecular formula is C25H49N5O2S+2. The van der Waals surface area contributed by atoms with Gasteiger partial charge in [0.2, 0.25) is 10.0 Å². The summed E-state index contributed by atoms with van der Waals surface area (Å²) in [6.45, 7) is 12.9. The second-order valence-corrected chi connectivity index (χ2v) is 14.1. The molecule has 33 heavy (non-hydrogen) atoms. The minimum absolute atomic E-state index is 0.155. The first-order chi connectivity index (χ1) is 16.0. The highest BCUT2D eigenvalue weighted by atomic mass is 32.2. The van der Waals surface area contributed by atoms with Gasteiger partial charge in [0.05, 0.1) is 31.4 Å². The van der Waals surface area contributed by atoms with Gasteiger partial charge in [-0.15, -0.1) is 0 Å². The van der Waals surface area contributed by atoms with Gasteiger partial charge in [-0.1, -0.05) is 6.92 Å². The van der Waals surface area contributed by atoms with E-state index in [1.807, 2.05) is 0 Å². The van der Waals surface area contributed by atoms with Gasteiger partial charge >= 0.3 is 0 Å². The normalized spacial score (nSPS) is 41.3. The van der Waals surface area contributed by atoms with Crippen molar-refractivity contribution in [3.8, 4) is 0 Å². The zero-order valence-electron chi connectivity index (χ0n) is 20.9. The molecule has 7 nitrogen and oxygen atoms in total. The standard InChI is InChI=1S/C25H47N5O2S/c1-20-5-7-24(8-6-20)33(31,32)27-17-23-16-21-9-11-30(23)19-22(21)18-28-12-14-29(15-13-28)25-4-2-3-10-26-25/h20-27H,2-19H2,1H3/p+2/t20?,21-,22+,23+,24?,25?/m1/s1. The van der Waals surface area contributed by atoms with Crippen LogP contribution in [0.4, 0.5) is 0 Å². The zero-order valence-corrected chi connectivity index (χ0v) is 21.7. The van der Waals surface area contributed by atoms with Crippen LogP contribution in [0.1, 0.15) is 64.7 Å². The second kappa shape index (κ2) is 10.8. The van der Waals surface area contributed by atoms with Crippen LogP contribution in [0.3, 0.4) is 0 Å². The van der Waals surface area contributed by atoms with Crippen LogP contribution < -0.4 is 14.9 Å². The number of piperazine rings is 1. The molecule has 2 bridgehead atoms. The molecule has 0 aromatic carbocycles. The third kappa shape index (κ3) is 5.95. The highest BCUT2D eigenvalue weighted by Crippen LogP contribution is 2.29. The van der Waals surface area contributed by atoms with Gasteiger partial charge in [-0.3, -0.25) is 4.90 Å². The Hall–Kier alpha value is -0.250. The molecule has 0 amide bonds. The van der Waals surface area contributed by atoms with Gasteiger partial charge in [-0.2, -0.15) is 0 Å². The summed E-state index contributed by atoms with van der Waals surface area (Å²) < 4.78 is 28.8. The summed E-state index contributed by atoms with van der Waals surface area (Å²) in [5.41, 5.74) is 0. The summed E-state index contributed by atoms with van der Waals surface area (Å²) in [6, 6.07) is 0.482. The van der Waals surface area contributed by atoms with Gasteiger partial charge in [0.25, 0.3) is 0 Å². The molecule has 0 aromatic heterocycles. The van der Waals surface area contributed by atoms with E-state index >= 15 is 0 Å². The van der Waals surface area contributed by atoms with Crippen molar-refractivity contribution in [1.82, 2.24) is 14.5 Å². The molecule has 0 spiro atoms. The fourth-order valence-electron chi connectivity index (χ4n) is 7.61. The number of hydrogen-bond donors (Lipinski definition) is 3. The monoisotopic (exact) mass is 483 g/mol. The van der Waals surface area contributed by atoms with Crippen molar-refractivity contribution in [2.45, 2.75) is 82.2 Å². The molecular weight excluding hydrogens is 434 g/mol. The number of piperidine rings is 4. The molecule has 0 aromatic rings. The van der Waals surface area contributed by atoms with Crippen molar-refractivity contribution in [2.75, 3.05) is 58.9 Å². The molecule has 5 aliphatic heterocycles. The average molecular weight is 484 g/mol. The maximum Gasteiger partial charge on any atom is 0.214 e. The fourth-order valence-corrected chi connectivity index (χ4v) is 9.17. The number of fused-ring (bicyclic) bond motifs is 3. The molecule has 6 aliphatic rings. The van der Waals surface area contributed by atoms with Gasteiger partial charge in [0.1, 0.15) is 12.2 Å². The van der Waals surface area contributed by atoms with Crippen LogP contribution >= 0.6 is 0 Å². The molecule has 5 saturated heterocycles. The zero-order chi connectivity index (χ0) is 22.8. The van der Waals surface area contributed by atoms with E-state index in [2.05, 4.69) is 26.8 Å². The molecule has 190 valence electrons. The Balaban J connectivity index is 1.06. The first kappa shape index (κ1) is 24.4. The van der Waals surface area contributed by atoms with Gasteiger partial charge in [0.15, 0.2) is 0 Å². The average Bonchev–Trinajstić information content (AvgIpc) is 2.85. The van der Waals surface area contributed by atoms with Crippen LogP contribution in [0, 0.1) is 17.8 Å². The van der Waals surface area contributed by atoms with E-state index in [0.717, 1.165) is 43.7 Å². The van der Waals surface area contributed by atoms with Gasteiger partial charge < -0.3 is 15.1 Å². The van der Waals surface area contributed by atoms with Crippen LogP contribution in [0.15, 0.2) is 0 Å². The molecule has 4 N–H and O–H groups in total. The highest BCUT2D eigenvalue weighted by molar-refractivity contribution is 7.90. The Kier molecular flexibility index (Phi) is 7.99. The van der Waals surface area contributed by atoms with Gasteiger partial charge in [0, 0.05) is 57.9 Å². The minimum atomic E-state index is -3.15. The summed E-state index contributed by atoms with van der Waals surface area (Å²) in [4.78, 5) is 7.12. The lowest BCUT2D eigenvalue weighted by atomic mass is 9.75. The molecule has 1 aliphatic carbocycles. The van der Waals surface area contributed by atoms with E-state index in [1.165, 1.54) is 84.5 Å².